The Morgan fingerprint density at radius 2 is 2.07 bits per heavy atom. The van der Waals surface area contributed by atoms with Gasteiger partial charge in [-0.2, -0.15) is 0 Å². The Kier molecular flexibility index (Phi) is 2.92. The lowest BCUT2D eigenvalue weighted by Gasteiger charge is -2.08. The molecule has 1 heterocycles. The van der Waals surface area contributed by atoms with Crippen molar-refractivity contribution in [3.8, 4) is 0 Å². The van der Waals surface area contributed by atoms with Crippen LogP contribution in [0.3, 0.4) is 0 Å². The van der Waals surface area contributed by atoms with Gasteiger partial charge in [0, 0.05) is 24.9 Å². The second-order valence-corrected chi connectivity index (χ2v) is 4.15. The first-order valence-electron chi connectivity index (χ1n) is 4.64. The Bertz CT molecular complexity index is 423. The molecule has 0 fully saturated rings. The van der Waals surface area contributed by atoms with Gasteiger partial charge in [0.05, 0.1) is 5.03 Å². The van der Waals surface area contributed by atoms with E-state index in [2.05, 4.69) is 0 Å². The summed E-state index contributed by atoms with van der Waals surface area (Å²) in [5.74, 6) is 0.0497. The molecule has 1 aromatic carbocycles. The van der Waals surface area contributed by atoms with Gasteiger partial charge in [0.25, 0.3) is 0 Å². The number of nitrogens with zero attached hydrogens (tertiary/aromatic N) is 1. The van der Waals surface area contributed by atoms with E-state index in [0.717, 1.165) is 10.6 Å². The molecule has 0 spiro atoms. The molecule has 0 aromatic heterocycles. The number of hydrogen-bond donors (Lipinski definition) is 0. The summed E-state index contributed by atoms with van der Waals surface area (Å²) in [6.07, 6.45) is 3.61. The van der Waals surface area contributed by atoms with E-state index in [1.54, 1.807) is 17.8 Å². The fourth-order valence-electron chi connectivity index (χ4n) is 1.28. The van der Waals surface area contributed by atoms with Crippen LogP contribution in [0.4, 0.5) is 0 Å². The van der Waals surface area contributed by atoms with Gasteiger partial charge in [-0.25, -0.2) is 0 Å². The summed E-state index contributed by atoms with van der Waals surface area (Å²) in [7, 11) is 1.93. The van der Waals surface area contributed by atoms with E-state index in [-0.39, 0.29) is 5.78 Å². The van der Waals surface area contributed by atoms with Crippen LogP contribution in [0.15, 0.2) is 53.0 Å². The van der Waals surface area contributed by atoms with Gasteiger partial charge in [0.2, 0.25) is 0 Å². The van der Waals surface area contributed by atoms with Crippen LogP contribution in [0, 0.1) is 0 Å². The number of allylic oxidation sites excluding steroid dienone is 1. The molecule has 0 aliphatic carbocycles. The lowest BCUT2D eigenvalue weighted by molar-refractivity contribution is 0.104. The molecule has 76 valence electrons. The van der Waals surface area contributed by atoms with E-state index >= 15 is 0 Å². The zero-order valence-electron chi connectivity index (χ0n) is 8.38. The van der Waals surface area contributed by atoms with Crippen molar-refractivity contribution in [2.75, 3.05) is 7.05 Å². The zero-order chi connectivity index (χ0) is 10.7. The van der Waals surface area contributed by atoms with Crippen LogP contribution in [0.5, 0.6) is 0 Å². The maximum Gasteiger partial charge on any atom is 0.188 e. The van der Waals surface area contributed by atoms with Crippen LogP contribution >= 0.6 is 11.8 Å². The SMILES string of the molecule is CN1C=CS/C1=C/C(=O)c1ccccc1. The van der Waals surface area contributed by atoms with E-state index in [0.29, 0.717) is 0 Å². The summed E-state index contributed by atoms with van der Waals surface area (Å²) in [5, 5.41) is 2.92. The predicted molar refractivity (Wildman–Crippen MR) is 63.3 cm³/mol. The van der Waals surface area contributed by atoms with Crippen molar-refractivity contribution in [2.45, 2.75) is 0 Å². The Hall–Kier alpha value is -1.48. The minimum absolute atomic E-state index is 0.0497. The summed E-state index contributed by atoms with van der Waals surface area (Å²) < 4.78 is 0. The Labute approximate surface area is 93.3 Å². The molecule has 3 heteroatoms. The second-order valence-electron chi connectivity index (χ2n) is 3.23. The van der Waals surface area contributed by atoms with Gasteiger partial charge in [-0.15, -0.1) is 0 Å². The smallest absolute Gasteiger partial charge is 0.188 e. The highest BCUT2D eigenvalue weighted by Crippen LogP contribution is 2.27. The number of benzene rings is 1. The summed E-state index contributed by atoms with van der Waals surface area (Å²) in [6, 6.07) is 9.30. The van der Waals surface area contributed by atoms with Gasteiger partial charge in [-0.1, -0.05) is 42.1 Å². The summed E-state index contributed by atoms with van der Waals surface area (Å²) in [6.45, 7) is 0. The van der Waals surface area contributed by atoms with Gasteiger partial charge < -0.3 is 4.90 Å². The van der Waals surface area contributed by atoms with Crippen molar-refractivity contribution in [1.29, 1.82) is 0 Å². The quantitative estimate of drug-likeness (QED) is 0.561. The van der Waals surface area contributed by atoms with Crippen molar-refractivity contribution in [1.82, 2.24) is 4.90 Å². The van der Waals surface area contributed by atoms with Crippen LogP contribution in [0.1, 0.15) is 10.4 Å². The van der Waals surface area contributed by atoms with Crippen LogP contribution in [-0.2, 0) is 0 Å². The number of thioether (sulfide) groups is 1. The van der Waals surface area contributed by atoms with Crippen molar-refractivity contribution in [2.24, 2.45) is 0 Å². The van der Waals surface area contributed by atoms with E-state index in [4.69, 9.17) is 0 Å². The monoisotopic (exact) mass is 217 g/mol. The van der Waals surface area contributed by atoms with E-state index < -0.39 is 0 Å². The van der Waals surface area contributed by atoms with Crippen molar-refractivity contribution >= 4 is 17.5 Å². The molecule has 0 atom stereocenters. The lowest BCUT2D eigenvalue weighted by Crippen LogP contribution is -2.05. The molecular formula is C12H11NOS. The maximum atomic E-state index is 11.8. The fourth-order valence-corrected chi connectivity index (χ4v) is 2.07. The van der Waals surface area contributed by atoms with Gasteiger partial charge in [-0.05, 0) is 5.41 Å². The van der Waals surface area contributed by atoms with Crippen molar-refractivity contribution in [3.05, 3.63) is 58.6 Å². The predicted octanol–water partition coefficient (Wildman–Crippen LogP) is 2.86. The Morgan fingerprint density at radius 1 is 1.33 bits per heavy atom. The molecular weight excluding hydrogens is 206 g/mol. The highest BCUT2D eigenvalue weighted by Gasteiger charge is 2.10. The molecule has 0 saturated carbocycles. The van der Waals surface area contributed by atoms with Crippen LogP contribution in [-0.4, -0.2) is 17.7 Å². The third-order valence-corrected chi connectivity index (χ3v) is 3.04. The number of carbonyl (C=O) groups excluding carboxylic acids is 1. The number of hydrogen-bond acceptors (Lipinski definition) is 3. The topological polar surface area (TPSA) is 20.3 Å². The minimum atomic E-state index is 0.0497. The minimum Gasteiger partial charge on any atom is -0.345 e. The first kappa shape index (κ1) is 10.1. The molecule has 0 amide bonds. The first-order chi connectivity index (χ1) is 7.27. The van der Waals surface area contributed by atoms with E-state index in [1.165, 1.54) is 0 Å². The van der Waals surface area contributed by atoms with E-state index in [1.807, 2.05) is 53.9 Å². The highest BCUT2D eigenvalue weighted by molar-refractivity contribution is 8.06. The Morgan fingerprint density at radius 3 is 2.67 bits per heavy atom. The average molecular weight is 217 g/mol. The van der Waals surface area contributed by atoms with Gasteiger partial charge in [0.1, 0.15) is 0 Å². The molecule has 2 rings (SSSR count). The molecule has 0 unspecified atom stereocenters. The van der Waals surface area contributed by atoms with Crippen molar-refractivity contribution < 1.29 is 4.79 Å². The zero-order valence-corrected chi connectivity index (χ0v) is 9.20. The molecule has 0 N–H and O–H groups in total. The second kappa shape index (κ2) is 4.36. The van der Waals surface area contributed by atoms with Crippen LogP contribution in [0.2, 0.25) is 0 Å². The third kappa shape index (κ3) is 2.30. The van der Waals surface area contributed by atoms with Gasteiger partial charge in [-0.3, -0.25) is 4.79 Å². The molecule has 1 aliphatic rings. The maximum absolute atomic E-state index is 11.8. The molecule has 0 bridgehead atoms. The lowest BCUT2D eigenvalue weighted by atomic mass is 10.1. The summed E-state index contributed by atoms with van der Waals surface area (Å²) in [5.41, 5.74) is 0.728. The standard InChI is InChI=1S/C12H11NOS/c1-13-7-8-15-12(13)9-11(14)10-5-3-2-4-6-10/h2-9H,1H3/b12-9+. The molecule has 2 nitrogen and oxygen atoms in total. The Balaban J connectivity index is 2.17. The molecule has 1 aliphatic heterocycles. The largest absolute Gasteiger partial charge is 0.345 e. The average Bonchev–Trinajstić information content (AvgIpc) is 2.66. The fraction of sp³-hybridized carbons (Fsp3) is 0.0833. The van der Waals surface area contributed by atoms with Crippen LogP contribution in [0.25, 0.3) is 0 Å². The highest BCUT2D eigenvalue weighted by atomic mass is 32.2. The van der Waals surface area contributed by atoms with Gasteiger partial charge >= 0.3 is 0 Å². The molecule has 15 heavy (non-hydrogen) atoms. The van der Waals surface area contributed by atoms with Gasteiger partial charge in [0.15, 0.2) is 5.78 Å². The molecule has 0 saturated heterocycles. The van der Waals surface area contributed by atoms with Crippen LogP contribution < -0.4 is 0 Å². The van der Waals surface area contributed by atoms with Crippen molar-refractivity contribution in [3.63, 3.8) is 0 Å². The third-order valence-electron chi connectivity index (χ3n) is 2.13. The normalized spacial score (nSPS) is 17.4. The summed E-state index contributed by atoms with van der Waals surface area (Å²) >= 11 is 1.56. The number of carbonyl (C=O) groups is 1. The molecule has 0 radical (unpaired) electrons. The number of rotatable bonds is 2. The van der Waals surface area contributed by atoms with E-state index in [9.17, 15) is 4.79 Å². The summed E-state index contributed by atoms with van der Waals surface area (Å²) in [4.78, 5) is 13.7. The first-order valence-corrected chi connectivity index (χ1v) is 5.52. The molecule has 1 aromatic rings. The number of ketones is 1.